The van der Waals surface area contributed by atoms with E-state index in [1.165, 1.54) is 7.11 Å². The van der Waals surface area contributed by atoms with Gasteiger partial charge in [0.15, 0.2) is 0 Å². The van der Waals surface area contributed by atoms with Crippen LogP contribution in [0.4, 0.5) is 0 Å². The van der Waals surface area contributed by atoms with Gasteiger partial charge in [0.05, 0.1) is 12.8 Å². The van der Waals surface area contributed by atoms with Crippen LogP contribution in [-0.4, -0.2) is 18.2 Å². The molecule has 0 bridgehead atoms. The summed E-state index contributed by atoms with van der Waals surface area (Å²) < 4.78 is 9.28. The van der Waals surface area contributed by atoms with Crippen LogP contribution in [0.15, 0.2) is 4.52 Å². The van der Waals surface area contributed by atoms with Gasteiger partial charge in [-0.3, -0.25) is 0 Å². The van der Waals surface area contributed by atoms with Crippen LogP contribution < -0.4 is 0 Å². The van der Waals surface area contributed by atoms with Gasteiger partial charge in [0, 0.05) is 0 Å². The first-order valence-corrected chi connectivity index (χ1v) is 3.18. The summed E-state index contributed by atoms with van der Waals surface area (Å²) in [6.07, 6.45) is 0. The lowest BCUT2D eigenvalue weighted by molar-refractivity contribution is 0.0598. The maximum atomic E-state index is 11.0. The molecule has 1 aromatic heterocycles. The minimum Gasteiger partial charge on any atom is -0.465 e. The van der Waals surface area contributed by atoms with Gasteiger partial charge in [0.2, 0.25) is 0 Å². The number of aromatic nitrogens is 1. The minimum atomic E-state index is -0.402. The van der Waals surface area contributed by atoms with E-state index < -0.39 is 5.97 Å². The van der Waals surface area contributed by atoms with Crippen molar-refractivity contribution in [3.63, 3.8) is 0 Å². The summed E-state index contributed by atoms with van der Waals surface area (Å²) in [5, 5.41) is 3.61. The third-order valence-electron chi connectivity index (χ3n) is 1.42. The monoisotopic (exact) mass is 155 g/mol. The second kappa shape index (κ2) is 2.74. The first-order valence-electron chi connectivity index (χ1n) is 3.18. The molecule has 0 atom stereocenters. The summed E-state index contributed by atoms with van der Waals surface area (Å²) in [6.45, 7) is 3.37. The highest BCUT2D eigenvalue weighted by atomic mass is 16.5. The number of hydrogen-bond acceptors (Lipinski definition) is 4. The van der Waals surface area contributed by atoms with Crippen LogP contribution in [0.25, 0.3) is 0 Å². The summed E-state index contributed by atoms with van der Waals surface area (Å²) >= 11 is 0. The van der Waals surface area contributed by atoms with Crippen molar-refractivity contribution in [1.29, 1.82) is 0 Å². The number of carbonyl (C=O) groups is 1. The van der Waals surface area contributed by atoms with Gasteiger partial charge >= 0.3 is 5.97 Å². The normalized spacial score (nSPS) is 9.73. The molecule has 11 heavy (non-hydrogen) atoms. The van der Waals surface area contributed by atoms with Crippen LogP contribution in [0.5, 0.6) is 0 Å². The first-order chi connectivity index (χ1) is 5.16. The van der Waals surface area contributed by atoms with E-state index >= 15 is 0 Å². The molecule has 0 N–H and O–H groups in total. The fraction of sp³-hybridized carbons (Fsp3) is 0.429. The van der Waals surface area contributed by atoms with E-state index in [1.54, 1.807) is 13.8 Å². The Kier molecular flexibility index (Phi) is 1.94. The summed E-state index contributed by atoms with van der Waals surface area (Å²) in [4.78, 5) is 11.0. The topological polar surface area (TPSA) is 52.3 Å². The Morgan fingerprint density at radius 3 is 2.55 bits per heavy atom. The fourth-order valence-electron chi connectivity index (χ4n) is 0.876. The van der Waals surface area contributed by atoms with Crippen LogP contribution in [0.1, 0.15) is 21.8 Å². The number of aryl methyl sites for hydroxylation is 2. The quantitative estimate of drug-likeness (QED) is 0.569. The molecule has 0 radical (unpaired) electrons. The highest BCUT2D eigenvalue weighted by Gasteiger charge is 2.17. The molecule has 4 nitrogen and oxygen atoms in total. The zero-order valence-electron chi connectivity index (χ0n) is 6.67. The third kappa shape index (κ3) is 1.24. The van der Waals surface area contributed by atoms with E-state index in [4.69, 9.17) is 4.52 Å². The Balaban J connectivity index is 3.10. The number of hydrogen-bond donors (Lipinski definition) is 0. The van der Waals surface area contributed by atoms with E-state index in [9.17, 15) is 4.79 Å². The van der Waals surface area contributed by atoms with Crippen LogP contribution >= 0.6 is 0 Å². The number of esters is 1. The van der Waals surface area contributed by atoms with Gasteiger partial charge in [-0.1, -0.05) is 5.16 Å². The average molecular weight is 155 g/mol. The van der Waals surface area contributed by atoms with E-state index in [1.807, 2.05) is 0 Å². The van der Waals surface area contributed by atoms with Crippen molar-refractivity contribution in [3.05, 3.63) is 17.0 Å². The van der Waals surface area contributed by atoms with Crippen LogP contribution in [0.2, 0.25) is 0 Å². The molecule has 0 aromatic carbocycles. The van der Waals surface area contributed by atoms with Gasteiger partial charge in [-0.2, -0.15) is 0 Å². The molecule has 0 amide bonds. The molecule has 4 heteroatoms. The molecule has 0 aliphatic rings. The van der Waals surface area contributed by atoms with Gasteiger partial charge in [0.25, 0.3) is 0 Å². The van der Waals surface area contributed by atoms with Crippen molar-refractivity contribution < 1.29 is 14.1 Å². The molecular weight excluding hydrogens is 146 g/mol. The number of nitrogens with zero attached hydrogens (tertiary/aromatic N) is 1. The van der Waals surface area contributed by atoms with Gasteiger partial charge in [-0.25, -0.2) is 4.79 Å². The molecule has 0 spiro atoms. The zero-order valence-corrected chi connectivity index (χ0v) is 6.67. The summed E-state index contributed by atoms with van der Waals surface area (Å²) in [5.41, 5.74) is 0.988. The molecular formula is C7H9NO3. The Hall–Kier alpha value is -1.32. The smallest absolute Gasteiger partial charge is 0.343 e. The summed E-state index contributed by atoms with van der Waals surface area (Å²) in [5.74, 6) is 0.0931. The highest BCUT2D eigenvalue weighted by molar-refractivity contribution is 5.91. The van der Waals surface area contributed by atoms with Gasteiger partial charge < -0.3 is 9.26 Å². The van der Waals surface area contributed by atoms with E-state index in [0.29, 0.717) is 17.0 Å². The fourth-order valence-corrected chi connectivity index (χ4v) is 0.876. The number of ether oxygens (including phenoxy) is 1. The molecule has 0 aliphatic carbocycles. The van der Waals surface area contributed by atoms with Gasteiger partial charge in [-0.15, -0.1) is 0 Å². The van der Waals surface area contributed by atoms with Crippen molar-refractivity contribution >= 4 is 5.97 Å². The Bertz CT molecular complexity index is 258. The minimum absolute atomic E-state index is 0.402. The van der Waals surface area contributed by atoms with Crippen molar-refractivity contribution in [1.82, 2.24) is 5.16 Å². The predicted molar refractivity (Wildman–Crippen MR) is 37.3 cm³/mol. The summed E-state index contributed by atoms with van der Waals surface area (Å²) in [6, 6.07) is 0. The molecule has 0 fully saturated rings. The standard InChI is InChI=1S/C7H9NO3/c1-4-6(7(9)10-3)5(2)11-8-4/h1-3H3. The lowest BCUT2D eigenvalue weighted by Gasteiger charge is -1.94. The third-order valence-corrected chi connectivity index (χ3v) is 1.42. The lowest BCUT2D eigenvalue weighted by Crippen LogP contribution is -2.03. The summed E-state index contributed by atoms with van der Waals surface area (Å²) in [7, 11) is 1.33. The van der Waals surface area contributed by atoms with E-state index in [-0.39, 0.29) is 0 Å². The van der Waals surface area contributed by atoms with Gasteiger partial charge in [-0.05, 0) is 13.8 Å². The zero-order chi connectivity index (χ0) is 8.43. The van der Waals surface area contributed by atoms with E-state index in [2.05, 4.69) is 9.89 Å². The second-order valence-electron chi connectivity index (χ2n) is 2.19. The predicted octanol–water partition coefficient (Wildman–Crippen LogP) is 1.08. The number of rotatable bonds is 1. The lowest BCUT2D eigenvalue weighted by atomic mass is 10.2. The average Bonchev–Trinajstić information content (AvgIpc) is 2.30. The Morgan fingerprint density at radius 1 is 1.55 bits per heavy atom. The Labute approximate surface area is 64.1 Å². The molecule has 1 rings (SSSR count). The van der Waals surface area contributed by atoms with Crippen LogP contribution in [-0.2, 0) is 4.74 Å². The second-order valence-corrected chi connectivity index (χ2v) is 2.19. The molecule has 0 saturated carbocycles. The van der Waals surface area contributed by atoms with E-state index in [0.717, 1.165) is 0 Å². The molecule has 0 saturated heterocycles. The van der Waals surface area contributed by atoms with Crippen molar-refractivity contribution in [2.75, 3.05) is 7.11 Å². The van der Waals surface area contributed by atoms with Crippen molar-refractivity contribution in [3.8, 4) is 0 Å². The van der Waals surface area contributed by atoms with Crippen molar-refractivity contribution in [2.24, 2.45) is 0 Å². The van der Waals surface area contributed by atoms with Gasteiger partial charge in [0.1, 0.15) is 11.3 Å². The van der Waals surface area contributed by atoms with Crippen LogP contribution in [0.3, 0.4) is 0 Å². The molecule has 1 heterocycles. The maximum absolute atomic E-state index is 11.0. The highest BCUT2D eigenvalue weighted by Crippen LogP contribution is 2.12. The Morgan fingerprint density at radius 2 is 2.18 bits per heavy atom. The number of methoxy groups -OCH3 is 1. The molecule has 1 aromatic rings. The molecule has 0 unspecified atom stereocenters. The largest absolute Gasteiger partial charge is 0.465 e. The number of carbonyl (C=O) groups excluding carboxylic acids is 1. The first kappa shape index (κ1) is 7.78. The maximum Gasteiger partial charge on any atom is 0.343 e. The molecule has 60 valence electrons. The SMILES string of the molecule is COC(=O)c1c(C)noc1C. The van der Waals surface area contributed by atoms with Crippen LogP contribution in [0, 0.1) is 13.8 Å². The van der Waals surface area contributed by atoms with Crippen molar-refractivity contribution in [2.45, 2.75) is 13.8 Å². The molecule has 0 aliphatic heterocycles.